The average Bonchev–Trinajstić information content (AvgIpc) is 2.71. The van der Waals surface area contributed by atoms with Gasteiger partial charge in [0, 0.05) is 24.3 Å². The summed E-state index contributed by atoms with van der Waals surface area (Å²) in [5.74, 6) is -0.0983. The van der Waals surface area contributed by atoms with Crippen LogP contribution in [0.2, 0.25) is 0 Å². The Hall–Kier alpha value is -2.70. The first-order chi connectivity index (χ1) is 13.5. The number of nitrogens with zero attached hydrogens (tertiary/aromatic N) is 2. The third-order valence-corrected chi connectivity index (χ3v) is 4.79. The molecule has 148 valence electrons. The quantitative estimate of drug-likeness (QED) is 0.808. The van der Waals surface area contributed by atoms with Gasteiger partial charge in [-0.05, 0) is 31.5 Å². The summed E-state index contributed by atoms with van der Waals surface area (Å²) in [7, 11) is 0. The third-order valence-electron chi connectivity index (χ3n) is 4.79. The van der Waals surface area contributed by atoms with Crippen molar-refractivity contribution in [3.63, 3.8) is 0 Å². The number of para-hydroxylation sites is 1. The fourth-order valence-electron chi connectivity index (χ4n) is 3.48. The zero-order valence-corrected chi connectivity index (χ0v) is 16.4. The lowest BCUT2D eigenvalue weighted by Crippen LogP contribution is -2.52. The molecular weight excluding hydrogens is 354 g/mol. The zero-order valence-electron chi connectivity index (χ0n) is 16.4. The molecule has 0 unspecified atom stereocenters. The summed E-state index contributed by atoms with van der Waals surface area (Å²) in [6, 6.07) is 16.8. The Balaban J connectivity index is 1.83. The van der Waals surface area contributed by atoms with Crippen LogP contribution in [0.3, 0.4) is 0 Å². The van der Waals surface area contributed by atoms with Crippen LogP contribution in [-0.4, -0.2) is 48.6 Å². The van der Waals surface area contributed by atoms with Crippen molar-refractivity contribution in [3.05, 3.63) is 65.7 Å². The molecule has 2 atom stereocenters. The second-order valence-electron chi connectivity index (χ2n) is 7.19. The summed E-state index contributed by atoms with van der Waals surface area (Å²) in [5.41, 5.74) is 7.79. The molecule has 0 bridgehead atoms. The number of urea groups is 1. The van der Waals surface area contributed by atoms with Gasteiger partial charge in [0.2, 0.25) is 0 Å². The Labute approximate surface area is 165 Å². The molecule has 1 aliphatic heterocycles. The van der Waals surface area contributed by atoms with Crippen LogP contribution in [0.5, 0.6) is 0 Å². The van der Waals surface area contributed by atoms with Gasteiger partial charge >= 0.3 is 6.03 Å². The highest BCUT2D eigenvalue weighted by atomic mass is 16.5. The van der Waals surface area contributed by atoms with Gasteiger partial charge in [0.05, 0.1) is 25.3 Å². The average molecular weight is 381 g/mol. The van der Waals surface area contributed by atoms with Crippen LogP contribution in [0.4, 0.5) is 10.5 Å². The molecule has 1 saturated heterocycles. The molecule has 2 N–H and O–H groups in total. The summed E-state index contributed by atoms with van der Waals surface area (Å²) < 4.78 is 5.76. The summed E-state index contributed by atoms with van der Waals surface area (Å²) >= 11 is 0. The van der Waals surface area contributed by atoms with Crippen LogP contribution in [0.1, 0.15) is 29.8 Å². The maximum Gasteiger partial charge on any atom is 0.324 e. The Morgan fingerprint density at radius 2 is 1.64 bits per heavy atom. The lowest BCUT2D eigenvalue weighted by molar-refractivity contribution is -0.0537. The van der Waals surface area contributed by atoms with Gasteiger partial charge in [-0.25, -0.2) is 4.79 Å². The van der Waals surface area contributed by atoms with E-state index in [0.29, 0.717) is 25.2 Å². The predicted octanol–water partition coefficient (Wildman–Crippen LogP) is 3.06. The highest BCUT2D eigenvalue weighted by Crippen LogP contribution is 2.21. The van der Waals surface area contributed by atoms with Crippen LogP contribution in [0.25, 0.3) is 0 Å². The Bertz CT molecular complexity index is 798. The SMILES string of the molecule is C[C@@H]1CN(C(=O)N(Cc2ccc(C(=O)CN)cc2)c2ccccc2)C[C@H](C)O1. The van der Waals surface area contributed by atoms with E-state index in [4.69, 9.17) is 10.5 Å². The summed E-state index contributed by atoms with van der Waals surface area (Å²) in [4.78, 5) is 28.7. The van der Waals surface area contributed by atoms with E-state index in [9.17, 15) is 9.59 Å². The first-order valence-corrected chi connectivity index (χ1v) is 9.57. The molecule has 0 aliphatic carbocycles. The maximum absolute atomic E-state index is 13.3. The van der Waals surface area contributed by atoms with Crippen LogP contribution in [0.15, 0.2) is 54.6 Å². The van der Waals surface area contributed by atoms with E-state index in [1.807, 2.05) is 61.2 Å². The summed E-state index contributed by atoms with van der Waals surface area (Å²) in [6.45, 7) is 5.50. The molecular formula is C22H27N3O3. The van der Waals surface area contributed by atoms with Gasteiger partial charge in [-0.15, -0.1) is 0 Å². The molecule has 6 nitrogen and oxygen atoms in total. The van der Waals surface area contributed by atoms with Crippen molar-refractivity contribution in [2.45, 2.75) is 32.6 Å². The van der Waals surface area contributed by atoms with Crippen molar-refractivity contribution in [1.29, 1.82) is 0 Å². The lowest BCUT2D eigenvalue weighted by Gasteiger charge is -2.38. The topological polar surface area (TPSA) is 75.9 Å². The van der Waals surface area contributed by atoms with Crippen molar-refractivity contribution >= 4 is 17.5 Å². The molecule has 3 rings (SSSR count). The largest absolute Gasteiger partial charge is 0.372 e. The highest BCUT2D eigenvalue weighted by molar-refractivity contribution is 5.97. The van der Waals surface area contributed by atoms with E-state index in [-0.39, 0.29) is 30.6 Å². The van der Waals surface area contributed by atoms with E-state index in [1.165, 1.54) is 0 Å². The fourth-order valence-corrected chi connectivity index (χ4v) is 3.48. The number of ketones is 1. The Morgan fingerprint density at radius 3 is 2.21 bits per heavy atom. The smallest absolute Gasteiger partial charge is 0.324 e. The molecule has 2 amide bonds. The minimum absolute atomic E-state index is 0.00637. The second-order valence-corrected chi connectivity index (χ2v) is 7.19. The number of Topliss-reactive ketones (excluding diaryl/α,β-unsaturated/α-hetero) is 1. The number of carbonyl (C=O) groups is 2. The molecule has 1 fully saturated rings. The number of anilines is 1. The first kappa shape index (κ1) is 20.0. The molecule has 1 aliphatic rings. The van der Waals surface area contributed by atoms with E-state index in [0.717, 1.165) is 11.3 Å². The Morgan fingerprint density at radius 1 is 1.04 bits per heavy atom. The number of carbonyl (C=O) groups excluding carboxylic acids is 2. The van der Waals surface area contributed by atoms with Gasteiger partial charge in [0.25, 0.3) is 0 Å². The van der Waals surface area contributed by atoms with Gasteiger partial charge in [0.15, 0.2) is 5.78 Å². The molecule has 0 spiro atoms. The van der Waals surface area contributed by atoms with E-state index >= 15 is 0 Å². The number of benzene rings is 2. The molecule has 1 heterocycles. The van der Waals surface area contributed by atoms with Crippen molar-refractivity contribution in [2.75, 3.05) is 24.5 Å². The first-order valence-electron chi connectivity index (χ1n) is 9.57. The van der Waals surface area contributed by atoms with Crippen LogP contribution in [0, 0.1) is 0 Å². The summed E-state index contributed by atoms with van der Waals surface area (Å²) in [5, 5.41) is 0. The number of ether oxygens (including phenoxy) is 1. The van der Waals surface area contributed by atoms with Crippen molar-refractivity contribution in [2.24, 2.45) is 5.73 Å². The number of hydrogen-bond acceptors (Lipinski definition) is 4. The Kier molecular flexibility index (Phi) is 6.44. The van der Waals surface area contributed by atoms with Gasteiger partial charge in [0.1, 0.15) is 0 Å². The normalized spacial score (nSPS) is 19.3. The van der Waals surface area contributed by atoms with E-state index < -0.39 is 0 Å². The predicted molar refractivity (Wildman–Crippen MR) is 109 cm³/mol. The summed E-state index contributed by atoms with van der Waals surface area (Å²) in [6.07, 6.45) is 0.0127. The molecule has 0 saturated carbocycles. The van der Waals surface area contributed by atoms with Crippen LogP contribution in [-0.2, 0) is 11.3 Å². The number of amides is 2. The molecule has 2 aromatic rings. The molecule has 6 heteroatoms. The monoisotopic (exact) mass is 381 g/mol. The fraction of sp³-hybridized carbons (Fsp3) is 0.364. The third kappa shape index (κ3) is 4.77. The second kappa shape index (κ2) is 8.99. The van der Waals surface area contributed by atoms with Crippen molar-refractivity contribution in [3.8, 4) is 0 Å². The molecule has 28 heavy (non-hydrogen) atoms. The van der Waals surface area contributed by atoms with Gasteiger partial charge in [-0.1, -0.05) is 42.5 Å². The van der Waals surface area contributed by atoms with Crippen molar-refractivity contribution in [1.82, 2.24) is 4.90 Å². The minimum Gasteiger partial charge on any atom is -0.372 e. The molecule has 0 aromatic heterocycles. The van der Waals surface area contributed by atoms with Crippen molar-refractivity contribution < 1.29 is 14.3 Å². The number of rotatable bonds is 5. The highest BCUT2D eigenvalue weighted by Gasteiger charge is 2.29. The standard InChI is InChI=1S/C22H27N3O3/c1-16-13-24(14-17(2)28-16)22(27)25(20-6-4-3-5-7-20)15-18-8-10-19(11-9-18)21(26)12-23/h3-11,16-17H,12-15,23H2,1-2H3/t16-,17+. The van der Waals surface area contributed by atoms with Crippen LogP contribution < -0.4 is 10.6 Å². The van der Waals surface area contributed by atoms with Gasteiger partial charge in [-0.2, -0.15) is 0 Å². The lowest BCUT2D eigenvalue weighted by atomic mass is 10.1. The van der Waals surface area contributed by atoms with E-state index in [1.54, 1.807) is 17.0 Å². The minimum atomic E-state index is -0.0983. The van der Waals surface area contributed by atoms with E-state index in [2.05, 4.69) is 0 Å². The van der Waals surface area contributed by atoms with Crippen LogP contribution >= 0.6 is 0 Å². The molecule has 2 aromatic carbocycles. The van der Waals surface area contributed by atoms with Gasteiger partial charge in [-0.3, -0.25) is 9.69 Å². The number of nitrogens with two attached hydrogens (primary N) is 1. The number of hydrogen-bond donors (Lipinski definition) is 1. The maximum atomic E-state index is 13.3. The molecule has 0 radical (unpaired) electrons. The van der Waals surface area contributed by atoms with Gasteiger partial charge < -0.3 is 15.4 Å². The zero-order chi connectivity index (χ0) is 20.1. The number of morpholine rings is 1.